The number of imide groups is 1. The third-order valence-corrected chi connectivity index (χ3v) is 5.20. The highest BCUT2D eigenvalue weighted by atomic mass is 32.2. The van der Waals surface area contributed by atoms with Crippen molar-refractivity contribution in [1.29, 1.82) is 0 Å². The van der Waals surface area contributed by atoms with Crippen LogP contribution < -0.4 is 0 Å². The van der Waals surface area contributed by atoms with E-state index in [0.717, 1.165) is 24.2 Å². The normalized spacial score (nSPS) is 19.3. The lowest BCUT2D eigenvalue weighted by molar-refractivity contribution is -0.385. The van der Waals surface area contributed by atoms with Gasteiger partial charge in [0.1, 0.15) is 6.54 Å². The second kappa shape index (κ2) is 7.69. The summed E-state index contributed by atoms with van der Waals surface area (Å²) < 4.78 is 0. The van der Waals surface area contributed by atoms with Crippen molar-refractivity contribution in [3.63, 3.8) is 0 Å². The summed E-state index contributed by atoms with van der Waals surface area (Å²) >= 11 is 0.691. The average molecular weight is 375 g/mol. The number of hydrogen-bond acceptors (Lipinski definition) is 6. The number of nitrogens with zero attached hydrogens (tertiary/aromatic N) is 3. The van der Waals surface area contributed by atoms with Crippen molar-refractivity contribution >= 4 is 40.6 Å². The first-order valence-electron chi connectivity index (χ1n) is 8.24. The van der Waals surface area contributed by atoms with Crippen molar-refractivity contribution in [2.75, 3.05) is 19.6 Å². The molecule has 8 nitrogen and oxygen atoms in total. The lowest BCUT2D eigenvalue weighted by atomic mass is 10.1. The van der Waals surface area contributed by atoms with Gasteiger partial charge in [0.25, 0.3) is 16.8 Å². The van der Waals surface area contributed by atoms with Crippen molar-refractivity contribution in [3.8, 4) is 0 Å². The quantitative estimate of drug-likeness (QED) is 0.455. The molecule has 0 aromatic heterocycles. The second-order valence-electron chi connectivity index (χ2n) is 6.03. The van der Waals surface area contributed by atoms with Crippen LogP contribution in [-0.4, -0.2) is 51.4 Å². The molecule has 0 radical (unpaired) electrons. The Morgan fingerprint density at radius 2 is 1.88 bits per heavy atom. The summed E-state index contributed by atoms with van der Waals surface area (Å²) in [5.41, 5.74) is 0.0917. The zero-order valence-electron chi connectivity index (χ0n) is 13.9. The number of piperidine rings is 1. The highest BCUT2D eigenvalue weighted by molar-refractivity contribution is 8.18. The highest BCUT2D eigenvalue weighted by Crippen LogP contribution is 2.33. The molecule has 26 heavy (non-hydrogen) atoms. The fourth-order valence-corrected chi connectivity index (χ4v) is 3.76. The molecule has 2 aliphatic rings. The van der Waals surface area contributed by atoms with Crippen LogP contribution in [0.4, 0.5) is 10.5 Å². The summed E-state index contributed by atoms with van der Waals surface area (Å²) in [7, 11) is 0. The first-order chi connectivity index (χ1) is 12.5. The van der Waals surface area contributed by atoms with Crippen LogP contribution in [0, 0.1) is 10.1 Å². The molecule has 0 saturated carbocycles. The smallest absolute Gasteiger partial charge is 0.294 e. The number of para-hydroxylation sites is 1. The molecule has 3 rings (SSSR count). The maximum atomic E-state index is 12.5. The Kier molecular flexibility index (Phi) is 5.36. The Hall–Kier alpha value is -2.68. The Morgan fingerprint density at radius 3 is 2.58 bits per heavy atom. The summed E-state index contributed by atoms with van der Waals surface area (Å²) in [6.45, 7) is 0.987. The predicted molar refractivity (Wildman–Crippen MR) is 96.2 cm³/mol. The number of likely N-dealkylation sites (tertiary alicyclic amines) is 1. The lowest BCUT2D eigenvalue weighted by Gasteiger charge is -2.27. The van der Waals surface area contributed by atoms with Gasteiger partial charge in [-0.25, -0.2) is 0 Å². The van der Waals surface area contributed by atoms with Gasteiger partial charge in [-0.15, -0.1) is 0 Å². The molecular weight excluding hydrogens is 358 g/mol. The molecule has 136 valence electrons. The molecule has 0 bridgehead atoms. The Balaban J connectivity index is 1.76. The van der Waals surface area contributed by atoms with Gasteiger partial charge in [-0.1, -0.05) is 12.1 Å². The molecule has 2 saturated heterocycles. The van der Waals surface area contributed by atoms with Crippen molar-refractivity contribution < 1.29 is 19.3 Å². The van der Waals surface area contributed by atoms with E-state index in [1.807, 2.05) is 0 Å². The zero-order chi connectivity index (χ0) is 18.7. The van der Waals surface area contributed by atoms with E-state index in [-0.39, 0.29) is 28.6 Å². The van der Waals surface area contributed by atoms with E-state index < -0.39 is 16.1 Å². The molecule has 9 heteroatoms. The highest BCUT2D eigenvalue weighted by Gasteiger charge is 2.37. The summed E-state index contributed by atoms with van der Waals surface area (Å²) in [6, 6.07) is 5.97. The molecule has 1 aromatic carbocycles. The van der Waals surface area contributed by atoms with E-state index in [4.69, 9.17) is 0 Å². The SMILES string of the molecule is O=C(CN1C(=O)S/C(=C\c2ccccc2[N+](=O)[O-])C1=O)N1CCCCC1. The van der Waals surface area contributed by atoms with Crippen LogP contribution in [0.15, 0.2) is 29.2 Å². The Morgan fingerprint density at radius 1 is 1.19 bits per heavy atom. The third-order valence-electron chi connectivity index (χ3n) is 4.30. The molecular formula is C17H17N3O5S. The van der Waals surface area contributed by atoms with Gasteiger partial charge in [-0.05, 0) is 43.2 Å². The number of thioether (sulfide) groups is 1. The Bertz CT molecular complexity index is 801. The fraction of sp³-hybridized carbons (Fsp3) is 0.353. The van der Waals surface area contributed by atoms with Crippen molar-refractivity contribution in [1.82, 2.24) is 9.80 Å². The lowest BCUT2D eigenvalue weighted by Crippen LogP contribution is -2.44. The topological polar surface area (TPSA) is 101 Å². The monoisotopic (exact) mass is 375 g/mol. The molecule has 0 atom stereocenters. The number of benzene rings is 1. The molecule has 2 heterocycles. The fourth-order valence-electron chi connectivity index (χ4n) is 2.93. The van der Waals surface area contributed by atoms with Crippen LogP contribution in [0.5, 0.6) is 0 Å². The summed E-state index contributed by atoms with van der Waals surface area (Å²) in [4.78, 5) is 50.1. The molecule has 2 fully saturated rings. The maximum Gasteiger partial charge on any atom is 0.294 e. The van der Waals surface area contributed by atoms with Gasteiger partial charge in [0.15, 0.2) is 0 Å². The molecule has 2 aliphatic heterocycles. The molecule has 0 aliphatic carbocycles. The van der Waals surface area contributed by atoms with Gasteiger partial charge in [0.05, 0.1) is 15.4 Å². The van der Waals surface area contributed by atoms with E-state index in [1.165, 1.54) is 24.3 Å². The minimum atomic E-state index is -0.594. The number of nitro benzene ring substituents is 1. The molecule has 0 spiro atoms. The van der Waals surface area contributed by atoms with Gasteiger partial charge in [-0.3, -0.25) is 29.4 Å². The summed E-state index contributed by atoms with van der Waals surface area (Å²) in [5, 5.41) is 10.5. The first-order valence-corrected chi connectivity index (χ1v) is 9.05. The van der Waals surface area contributed by atoms with Gasteiger partial charge in [0.2, 0.25) is 5.91 Å². The van der Waals surface area contributed by atoms with Crippen LogP contribution in [0.3, 0.4) is 0 Å². The number of nitro groups is 1. The van der Waals surface area contributed by atoms with Crippen LogP contribution in [0.2, 0.25) is 0 Å². The van der Waals surface area contributed by atoms with Gasteiger partial charge in [-0.2, -0.15) is 0 Å². The van der Waals surface area contributed by atoms with Crippen molar-refractivity contribution in [2.24, 2.45) is 0 Å². The van der Waals surface area contributed by atoms with Crippen molar-refractivity contribution in [3.05, 3.63) is 44.8 Å². The van der Waals surface area contributed by atoms with Crippen molar-refractivity contribution in [2.45, 2.75) is 19.3 Å². The summed E-state index contributed by atoms with van der Waals surface area (Å²) in [5.74, 6) is -0.845. The van der Waals surface area contributed by atoms with E-state index >= 15 is 0 Å². The van der Waals surface area contributed by atoms with E-state index in [9.17, 15) is 24.5 Å². The first kappa shape index (κ1) is 18.1. The molecule has 0 unspecified atom stereocenters. The molecule has 1 aromatic rings. The number of hydrogen-bond donors (Lipinski definition) is 0. The van der Waals surface area contributed by atoms with Gasteiger partial charge >= 0.3 is 0 Å². The van der Waals surface area contributed by atoms with Crippen LogP contribution in [0.1, 0.15) is 24.8 Å². The number of rotatable bonds is 4. The third kappa shape index (κ3) is 3.77. The number of carbonyl (C=O) groups excluding carboxylic acids is 3. The zero-order valence-corrected chi connectivity index (χ0v) is 14.7. The van der Waals surface area contributed by atoms with Crippen LogP contribution in [0.25, 0.3) is 6.08 Å². The van der Waals surface area contributed by atoms with E-state index in [1.54, 1.807) is 11.0 Å². The number of carbonyl (C=O) groups is 3. The molecule has 3 amide bonds. The maximum absolute atomic E-state index is 12.5. The van der Waals surface area contributed by atoms with Gasteiger partial charge in [0, 0.05) is 19.2 Å². The average Bonchev–Trinajstić information content (AvgIpc) is 2.90. The van der Waals surface area contributed by atoms with Gasteiger partial charge < -0.3 is 4.90 Å². The van der Waals surface area contributed by atoms with E-state index in [2.05, 4.69) is 0 Å². The number of amides is 3. The predicted octanol–water partition coefficient (Wildman–Crippen LogP) is 2.64. The minimum absolute atomic E-state index is 0.0794. The largest absolute Gasteiger partial charge is 0.341 e. The van der Waals surface area contributed by atoms with Crippen LogP contribution in [-0.2, 0) is 9.59 Å². The summed E-state index contributed by atoms with van der Waals surface area (Å²) in [6.07, 6.45) is 4.24. The van der Waals surface area contributed by atoms with Crippen LogP contribution >= 0.6 is 11.8 Å². The standard InChI is InChI=1S/C17H17N3O5S/c21-15(18-8-4-1-5-9-18)11-19-16(22)14(26-17(19)23)10-12-6-2-3-7-13(12)20(24)25/h2-3,6-7,10H,1,4-5,8-9,11H2/b14-10-. The second-order valence-corrected chi connectivity index (χ2v) is 7.02. The Labute approximate surface area is 154 Å². The van der Waals surface area contributed by atoms with E-state index in [0.29, 0.717) is 24.9 Å². The molecule has 0 N–H and O–H groups in total. The minimum Gasteiger partial charge on any atom is -0.341 e.